The molecule has 2 rings (SSSR count). The van der Waals surface area contributed by atoms with Crippen molar-refractivity contribution in [1.29, 1.82) is 0 Å². The fourth-order valence-electron chi connectivity index (χ4n) is 1.80. The molecule has 1 aromatic heterocycles. The molecule has 0 fully saturated rings. The molecular formula is C14H17N5O2. The Hall–Kier alpha value is -2.83. The smallest absolute Gasteiger partial charge is 0.226 e. The first-order valence-electron chi connectivity index (χ1n) is 6.29. The molecule has 0 saturated heterocycles. The average molecular weight is 287 g/mol. The van der Waals surface area contributed by atoms with E-state index in [0.29, 0.717) is 18.2 Å². The minimum atomic E-state index is -0.0449. The van der Waals surface area contributed by atoms with E-state index in [4.69, 9.17) is 15.7 Å². The Morgan fingerprint density at radius 2 is 2.05 bits per heavy atom. The summed E-state index contributed by atoms with van der Waals surface area (Å²) in [6, 6.07) is 9.33. The maximum Gasteiger partial charge on any atom is 0.226 e. The summed E-state index contributed by atoms with van der Waals surface area (Å²) in [5.41, 5.74) is 7.00. The minimum Gasteiger partial charge on any atom is -0.497 e. The van der Waals surface area contributed by atoms with Crippen molar-refractivity contribution < 1.29 is 9.94 Å². The molecule has 21 heavy (non-hydrogen) atoms. The molecule has 0 unspecified atom stereocenters. The van der Waals surface area contributed by atoms with Crippen molar-refractivity contribution in [3.05, 3.63) is 47.8 Å². The van der Waals surface area contributed by atoms with Crippen molar-refractivity contribution in [2.75, 3.05) is 19.1 Å². The number of nitrogens with two attached hydrogens (primary N) is 1. The summed E-state index contributed by atoms with van der Waals surface area (Å²) in [5.74, 6) is 1.26. The van der Waals surface area contributed by atoms with Crippen LogP contribution < -0.4 is 15.4 Å². The fraction of sp³-hybridized carbons (Fsp3) is 0.214. The summed E-state index contributed by atoms with van der Waals surface area (Å²) < 4.78 is 5.12. The van der Waals surface area contributed by atoms with E-state index < -0.39 is 0 Å². The van der Waals surface area contributed by atoms with Gasteiger partial charge in [-0.1, -0.05) is 17.3 Å². The molecule has 0 aliphatic carbocycles. The number of hydrogen-bond donors (Lipinski definition) is 2. The van der Waals surface area contributed by atoms with Gasteiger partial charge in [0.2, 0.25) is 5.95 Å². The maximum atomic E-state index is 8.68. The second kappa shape index (κ2) is 6.56. The highest BCUT2D eigenvalue weighted by atomic mass is 16.5. The zero-order valence-corrected chi connectivity index (χ0v) is 11.9. The van der Waals surface area contributed by atoms with Gasteiger partial charge in [0, 0.05) is 19.8 Å². The van der Waals surface area contributed by atoms with Gasteiger partial charge in [-0.3, -0.25) is 0 Å². The first kappa shape index (κ1) is 14.6. The third-order valence-electron chi connectivity index (χ3n) is 2.93. The molecule has 0 amide bonds. The lowest BCUT2D eigenvalue weighted by molar-refractivity contribution is 0.318. The van der Waals surface area contributed by atoms with Crippen LogP contribution >= 0.6 is 0 Å². The van der Waals surface area contributed by atoms with Crippen molar-refractivity contribution in [3.63, 3.8) is 0 Å². The summed E-state index contributed by atoms with van der Waals surface area (Å²) in [6.45, 7) is 0.629. The Morgan fingerprint density at radius 3 is 2.67 bits per heavy atom. The molecule has 0 radical (unpaired) electrons. The summed E-state index contributed by atoms with van der Waals surface area (Å²) in [5, 5.41) is 11.6. The number of hydrogen-bond acceptors (Lipinski definition) is 6. The third kappa shape index (κ3) is 3.59. The van der Waals surface area contributed by atoms with E-state index in [9.17, 15) is 0 Å². The van der Waals surface area contributed by atoms with Crippen molar-refractivity contribution in [3.8, 4) is 5.75 Å². The number of methoxy groups -OCH3 is 1. The van der Waals surface area contributed by atoms with Crippen LogP contribution in [-0.4, -0.2) is 35.2 Å². The van der Waals surface area contributed by atoms with Gasteiger partial charge in [0.15, 0.2) is 5.84 Å². The largest absolute Gasteiger partial charge is 0.497 e. The SMILES string of the molecule is COc1ccc(CN(C)c2nccc(/C(N)=N/O)n2)cc1. The molecule has 0 spiro atoms. The highest BCUT2D eigenvalue weighted by Gasteiger charge is 2.08. The van der Waals surface area contributed by atoms with Crippen LogP contribution in [0.3, 0.4) is 0 Å². The van der Waals surface area contributed by atoms with Crippen LogP contribution in [0.4, 0.5) is 5.95 Å². The van der Waals surface area contributed by atoms with Gasteiger partial charge in [-0.25, -0.2) is 9.97 Å². The molecule has 110 valence electrons. The second-order valence-corrected chi connectivity index (χ2v) is 4.43. The van der Waals surface area contributed by atoms with Crippen LogP contribution in [0.1, 0.15) is 11.3 Å². The van der Waals surface area contributed by atoms with Gasteiger partial charge in [0.05, 0.1) is 7.11 Å². The number of aromatic nitrogens is 2. The first-order chi connectivity index (χ1) is 10.1. The van der Waals surface area contributed by atoms with Crippen LogP contribution in [0.15, 0.2) is 41.7 Å². The molecule has 2 aromatic rings. The van der Waals surface area contributed by atoms with E-state index >= 15 is 0 Å². The zero-order valence-electron chi connectivity index (χ0n) is 11.9. The number of benzene rings is 1. The maximum absolute atomic E-state index is 8.68. The Balaban J connectivity index is 2.14. The normalized spacial score (nSPS) is 11.2. The standard InChI is InChI=1S/C14H17N5O2/c1-19(9-10-3-5-11(21-2)6-4-10)14-16-8-7-12(17-14)13(15)18-20/h3-8,20H,9H2,1-2H3,(H2,15,18). The van der Waals surface area contributed by atoms with E-state index in [2.05, 4.69) is 15.1 Å². The van der Waals surface area contributed by atoms with E-state index in [1.165, 1.54) is 0 Å². The highest BCUT2D eigenvalue weighted by Crippen LogP contribution is 2.14. The van der Waals surface area contributed by atoms with E-state index in [-0.39, 0.29) is 5.84 Å². The first-order valence-corrected chi connectivity index (χ1v) is 6.29. The quantitative estimate of drug-likeness (QED) is 0.371. The van der Waals surface area contributed by atoms with Crippen LogP contribution in [0.2, 0.25) is 0 Å². The lowest BCUT2D eigenvalue weighted by Gasteiger charge is -2.17. The minimum absolute atomic E-state index is 0.0449. The second-order valence-electron chi connectivity index (χ2n) is 4.43. The van der Waals surface area contributed by atoms with Crippen molar-refractivity contribution in [2.24, 2.45) is 10.9 Å². The van der Waals surface area contributed by atoms with Gasteiger partial charge in [0.1, 0.15) is 11.4 Å². The molecule has 0 aliphatic heterocycles. The molecule has 0 bridgehead atoms. The topological polar surface area (TPSA) is 96.9 Å². The van der Waals surface area contributed by atoms with Gasteiger partial charge in [-0.05, 0) is 23.8 Å². The van der Waals surface area contributed by atoms with Crippen LogP contribution in [0.5, 0.6) is 5.75 Å². The predicted octanol–water partition coefficient (Wildman–Crippen LogP) is 1.22. The summed E-state index contributed by atoms with van der Waals surface area (Å²) in [6.07, 6.45) is 1.57. The zero-order chi connectivity index (χ0) is 15.2. The number of oxime groups is 1. The van der Waals surface area contributed by atoms with Gasteiger partial charge in [-0.2, -0.15) is 0 Å². The molecule has 3 N–H and O–H groups in total. The van der Waals surface area contributed by atoms with Crippen LogP contribution in [0.25, 0.3) is 0 Å². The van der Waals surface area contributed by atoms with Crippen molar-refractivity contribution in [2.45, 2.75) is 6.54 Å². The monoisotopic (exact) mass is 287 g/mol. The summed E-state index contributed by atoms with van der Waals surface area (Å²) in [4.78, 5) is 10.3. The van der Waals surface area contributed by atoms with Gasteiger partial charge >= 0.3 is 0 Å². The lowest BCUT2D eigenvalue weighted by atomic mass is 10.2. The van der Waals surface area contributed by atoms with Crippen LogP contribution in [0, 0.1) is 0 Å². The van der Waals surface area contributed by atoms with Crippen molar-refractivity contribution >= 4 is 11.8 Å². The van der Waals surface area contributed by atoms with Crippen molar-refractivity contribution in [1.82, 2.24) is 9.97 Å². The van der Waals surface area contributed by atoms with Gasteiger partial charge < -0.3 is 20.6 Å². The summed E-state index contributed by atoms with van der Waals surface area (Å²) in [7, 11) is 3.50. The molecular weight excluding hydrogens is 270 g/mol. The molecule has 1 heterocycles. The lowest BCUT2D eigenvalue weighted by Crippen LogP contribution is -2.22. The van der Waals surface area contributed by atoms with Gasteiger partial charge in [-0.15, -0.1) is 0 Å². The number of ether oxygens (including phenoxy) is 1. The Morgan fingerprint density at radius 1 is 1.33 bits per heavy atom. The number of nitrogens with zero attached hydrogens (tertiary/aromatic N) is 4. The summed E-state index contributed by atoms with van der Waals surface area (Å²) >= 11 is 0. The predicted molar refractivity (Wildman–Crippen MR) is 79.6 cm³/mol. The molecule has 1 aromatic carbocycles. The molecule has 0 saturated carbocycles. The Bertz CT molecular complexity index is 628. The molecule has 0 aliphatic rings. The molecule has 7 nitrogen and oxygen atoms in total. The number of rotatable bonds is 5. The Kier molecular flexibility index (Phi) is 4.55. The number of amidine groups is 1. The van der Waals surface area contributed by atoms with E-state index in [0.717, 1.165) is 11.3 Å². The van der Waals surface area contributed by atoms with Crippen LogP contribution in [-0.2, 0) is 6.54 Å². The molecule has 7 heteroatoms. The average Bonchev–Trinajstić information content (AvgIpc) is 2.55. The number of anilines is 1. The van der Waals surface area contributed by atoms with E-state index in [1.807, 2.05) is 36.2 Å². The third-order valence-corrected chi connectivity index (χ3v) is 2.93. The fourth-order valence-corrected chi connectivity index (χ4v) is 1.80. The molecule has 0 atom stereocenters. The van der Waals surface area contributed by atoms with E-state index in [1.54, 1.807) is 19.4 Å². The highest BCUT2D eigenvalue weighted by molar-refractivity contribution is 5.95. The van der Waals surface area contributed by atoms with Gasteiger partial charge in [0.25, 0.3) is 0 Å². The Labute approximate surface area is 122 Å².